The van der Waals surface area contributed by atoms with Crippen molar-refractivity contribution in [3.8, 4) is 11.4 Å². The predicted octanol–water partition coefficient (Wildman–Crippen LogP) is 4.57. The largest absolute Gasteiger partial charge is 0.493 e. The molecule has 152 valence electrons. The van der Waals surface area contributed by atoms with Gasteiger partial charge in [-0.15, -0.1) is 0 Å². The van der Waals surface area contributed by atoms with E-state index in [9.17, 15) is 31.1 Å². The number of ether oxygens (including phenoxy) is 1. The van der Waals surface area contributed by atoms with Crippen molar-refractivity contribution in [1.29, 1.82) is 0 Å². The average Bonchev–Trinajstić information content (AvgIpc) is 3.12. The number of aromatic nitrogens is 2. The van der Waals surface area contributed by atoms with Gasteiger partial charge in [-0.1, -0.05) is 6.07 Å². The molecule has 0 aliphatic carbocycles. The zero-order valence-electron chi connectivity index (χ0n) is 14.5. The minimum absolute atomic E-state index is 0.0174. The predicted molar refractivity (Wildman–Crippen MR) is 89.4 cm³/mol. The zero-order chi connectivity index (χ0) is 21.3. The van der Waals surface area contributed by atoms with Gasteiger partial charge < -0.3 is 10.1 Å². The molecule has 0 bridgehead atoms. The number of carbonyl (C=O) groups excluding carboxylic acids is 1. The second kappa shape index (κ2) is 7.49. The lowest BCUT2D eigenvalue weighted by atomic mass is 10.2. The van der Waals surface area contributed by atoms with Crippen LogP contribution in [0.5, 0.6) is 5.75 Å². The van der Waals surface area contributed by atoms with Gasteiger partial charge in [0.1, 0.15) is 0 Å². The van der Waals surface area contributed by atoms with Crippen LogP contribution in [-0.4, -0.2) is 22.8 Å². The minimum Gasteiger partial charge on any atom is -0.493 e. The fraction of sp³-hybridized carbons (Fsp3) is 0.111. The van der Waals surface area contributed by atoms with Crippen molar-refractivity contribution in [2.75, 3.05) is 12.4 Å². The molecule has 0 radical (unpaired) electrons. The van der Waals surface area contributed by atoms with E-state index in [1.807, 2.05) is 5.32 Å². The van der Waals surface area contributed by atoms with Crippen LogP contribution in [0.15, 0.2) is 42.6 Å². The first-order valence-electron chi connectivity index (χ1n) is 7.88. The van der Waals surface area contributed by atoms with Crippen LogP contribution in [0.2, 0.25) is 0 Å². The van der Waals surface area contributed by atoms with Gasteiger partial charge >= 0.3 is 6.18 Å². The summed E-state index contributed by atoms with van der Waals surface area (Å²) < 4.78 is 84.7. The van der Waals surface area contributed by atoms with Gasteiger partial charge in [0.05, 0.1) is 30.2 Å². The van der Waals surface area contributed by atoms with Crippen LogP contribution in [0.25, 0.3) is 5.69 Å². The molecule has 1 N–H and O–H groups in total. The Kier molecular flexibility index (Phi) is 5.23. The van der Waals surface area contributed by atoms with Crippen molar-refractivity contribution < 1.29 is 35.9 Å². The summed E-state index contributed by atoms with van der Waals surface area (Å²) in [5.41, 5.74) is -2.01. The van der Waals surface area contributed by atoms with Crippen molar-refractivity contribution in [2.45, 2.75) is 6.18 Å². The summed E-state index contributed by atoms with van der Waals surface area (Å²) in [6, 6.07) is 5.57. The Balaban J connectivity index is 1.95. The van der Waals surface area contributed by atoms with E-state index in [1.165, 1.54) is 13.2 Å². The summed E-state index contributed by atoms with van der Waals surface area (Å²) in [7, 11) is 1.18. The molecule has 0 aliphatic rings. The standard InChI is InChI=1S/C18H11F6N3O2/c1-29-13-8-27(10-4-2-3-9(7-10)18(22,23)24)26-16(13)17(28)25-12-6-5-11(19)14(20)15(12)21/h2-8H,1H3,(H,25,28). The molecule has 29 heavy (non-hydrogen) atoms. The molecule has 2 aromatic carbocycles. The molecular weight excluding hydrogens is 404 g/mol. The molecule has 0 saturated heterocycles. The van der Waals surface area contributed by atoms with Crippen molar-refractivity contribution in [3.05, 3.63) is 71.3 Å². The maximum Gasteiger partial charge on any atom is 0.416 e. The van der Waals surface area contributed by atoms with E-state index in [0.717, 1.165) is 35.1 Å². The lowest BCUT2D eigenvalue weighted by molar-refractivity contribution is -0.137. The summed E-state index contributed by atoms with van der Waals surface area (Å²) in [5.74, 6) is -6.01. The molecule has 0 saturated carbocycles. The van der Waals surface area contributed by atoms with Crippen LogP contribution in [0.1, 0.15) is 16.1 Å². The molecule has 1 aromatic heterocycles. The van der Waals surface area contributed by atoms with E-state index in [1.54, 1.807) is 0 Å². The molecule has 3 aromatic rings. The summed E-state index contributed by atoms with van der Waals surface area (Å²) in [5, 5.41) is 5.88. The molecule has 0 unspecified atom stereocenters. The van der Waals surface area contributed by atoms with Crippen LogP contribution in [-0.2, 0) is 6.18 Å². The monoisotopic (exact) mass is 415 g/mol. The number of halogens is 6. The van der Waals surface area contributed by atoms with Crippen molar-refractivity contribution in [2.24, 2.45) is 0 Å². The second-order valence-electron chi connectivity index (χ2n) is 5.72. The number of alkyl halides is 3. The Labute approximate surface area is 159 Å². The summed E-state index contributed by atoms with van der Waals surface area (Å²) in [4.78, 5) is 12.4. The average molecular weight is 415 g/mol. The molecule has 1 amide bonds. The van der Waals surface area contributed by atoms with Gasteiger partial charge in [0.25, 0.3) is 5.91 Å². The van der Waals surface area contributed by atoms with E-state index < -0.39 is 46.5 Å². The third-order valence-corrected chi connectivity index (χ3v) is 3.84. The van der Waals surface area contributed by atoms with Crippen molar-refractivity contribution >= 4 is 11.6 Å². The van der Waals surface area contributed by atoms with E-state index in [0.29, 0.717) is 6.07 Å². The molecule has 0 fully saturated rings. The molecule has 0 spiro atoms. The molecule has 0 aliphatic heterocycles. The molecule has 3 rings (SSSR count). The Morgan fingerprint density at radius 3 is 2.48 bits per heavy atom. The Morgan fingerprint density at radius 2 is 1.83 bits per heavy atom. The van der Waals surface area contributed by atoms with Gasteiger partial charge in [-0.2, -0.15) is 18.3 Å². The smallest absolute Gasteiger partial charge is 0.416 e. The van der Waals surface area contributed by atoms with Crippen LogP contribution in [0.3, 0.4) is 0 Å². The van der Waals surface area contributed by atoms with Gasteiger partial charge in [0.15, 0.2) is 28.9 Å². The minimum atomic E-state index is -4.59. The maximum absolute atomic E-state index is 13.8. The Morgan fingerprint density at radius 1 is 1.10 bits per heavy atom. The molecule has 1 heterocycles. The molecule has 5 nitrogen and oxygen atoms in total. The zero-order valence-corrected chi connectivity index (χ0v) is 14.5. The van der Waals surface area contributed by atoms with Crippen LogP contribution in [0.4, 0.5) is 32.0 Å². The number of anilines is 1. The third kappa shape index (κ3) is 4.03. The van der Waals surface area contributed by atoms with Crippen LogP contribution >= 0.6 is 0 Å². The highest BCUT2D eigenvalue weighted by Gasteiger charge is 2.31. The number of hydrogen-bond acceptors (Lipinski definition) is 3. The quantitative estimate of drug-likeness (QED) is 0.502. The van der Waals surface area contributed by atoms with Gasteiger partial charge in [-0.05, 0) is 30.3 Å². The fourth-order valence-electron chi connectivity index (χ4n) is 2.43. The van der Waals surface area contributed by atoms with Crippen molar-refractivity contribution in [1.82, 2.24) is 9.78 Å². The lowest BCUT2D eigenvalue weighted by Gasteiger charge is -2.08. The number of rotatable bonds is 4. The fourth-order valence-corrected chi connectivity index (χ4v) is 2.43. The van der Waals surface area contributed by atoms with E-state index in [2.05, 4.69) is 5.10 Å². The van der Waals surface area contributed by atoms with Gasteiger partial charge in [-0.3, -0.25) is 4.79 Å². The summed E-state index contributed by atoms with van der Waals surface area (Å²) in [6.07, 6.45) is -3.44. The highest BCUT2D eigenvalue weighted by Crippen LogP contribution is 2.31. The number of nitrogens with zero attached hydrogens (tertiary/aromatic N) is 2. The first-order valence-corrected chi connectivity index (χ1v) is 7.88. The first-order chi connectivity index (χ1) is 13.6. The molecule has 0 atom stereocenters. The number of methoxy groups -OCH3 is 1. The maximum atomic E-state index is 13.8. The third-order valence-electron chi connectivity index (χ3n) is 3.84. The van der Waals surface area contributed by atoms with Crippen LogP contribution < -0.4 is 10.1 Å². The molecule has 11 heteroatoms. The van der Waals surface area contributed by atoms with Gasteiger partial charge in [0.2, 0.25) is 0 Å². The normalized spacial score (nSPS) is 11.4. The Hall–Kier alpha value is -3.50. The van der Waals surface area contributed by atoms with Crippen LogP contribution in [0, 0.1) is 17.5 Å². The second-order valence-corrected chi connectivity index (χ2v) is 5.72. The van der Waals surface area contributed by atoms with E-state index in [4.69, 9.17) is 4.74 Å². The number of hydrogen-bond donors (Lipinski definition) is 1. The lowest BCUT2D eigenvalue weighted by Crippen LogP contribution is -2.16. The van der Waals surface area contributed by atoms with E-state index >= 15 is 0 Å². The summed E-state index contributed by atoms with van der Waals surface area (Å²) >= 11 is 0. The number of nitrogens with one attached hydrogen (secondary N) is 1. The number of benzene rings is 2. The van der Waals surface area contributed by atoms with Gasteiger partial charge in [0, 0.05) is 0 Å². The topological polar surface area (TPSA) is 56.2 Å². The van der Waals surface area contributed by atoms with Gasteiger partial charge in [-0.25, -0.2) is 17.9 Å². The number of amides is 1. The Bertz CT molecular complexity index is 1080. The number of carbonyl (C=O) groups is 1. The first kappa shape index (κ1) is 20.2. The van der Waals surface area contributed by atoms with E-state index in [-0.39, 0.29) is 11.4 Å². The summed E-state index contributed by atoms with van der Waals surface area (Å²) in [6.45, 7) is 0. The molecular formula is C18H11F6N3O2. The highest BCUT2D eigenvalue weighted by atomic mass is 19.4. The highest BCUT2D eigenvalue weighted by molar-refractivity contribution is 6.04. The SMILES string of the molecule is COc1cn(-c2cccc(C(F)(F)F)c2)nc1C(=O)Nc1ccc(F)c(F)c1F. The van der Waals surface area contributed by atoms with Crippen molar-refractivity contribution in [3.63, 3.8) is 0 Å².